The summed E-state index contributed by atoms with van der Waals surface area (Å²) in [6, 6.07) is 0. The number of allylic oxidation sites excluding steroid dienone is 5. The lowest BCUT2D eigenvalue weighted by Crippen LogP contribution is -2.00. The van der Waals surface area contributed by atoms with Crippen LogP contribution in [0.2, 0.25) is 0 Å². The zero-order valence-corrected chi connectivity index (χ0v) is 9.07. The van der Waals surface area contributed by atoms with E-state index in [1.54, 1.807) is 6.08 Å². The van der Waals surface area contributed by atoms with Crippen LogP contribution in [0.1, 0.15) is 26.7 Å². The lowest BCUT2D eigenvalue weighted by Gasteiger charge is -2.11. The van der Waals surface area contributed by atoms with E-state index in [2.05, 4.69) is 31.7 Å². The molecule has 0 aromatic rings. The fourth-order valence-corrected chi connectivity index (χ4v) is 1.32. The topological polar surface area (TPSA) is 29.4 Å². The quantitative estimate of drug-likeness (QED) is 0.446. The molecular weight excluding hydrogens is 174 g/mol. The Bertz CT molecular complexity index is 228. The van der Waals surface area contributed by atoms with E-state index in [-0.39, 0.29) is 0 Å². The average Bonchev–Trinajstić information content (AvgIpc) is 2.21. The van der Waals surface area contributed by atoms with Gasteiger partial charge >= 0.3 is 0 Å². The van der Waals surface area contributed by atoms with Gasteiger partial charge in [-0.15, -0.1) is 0 Å². The van der Waals surface area contributed by atoms with Gasteiger partial charge in [0.1, 0.15) is 0 Å². The second-order valence-corrected chi connectivity index (χ2v) is 3.26. The minimum absolute atomic E-state index is 0.406. The van der Waals surface area contributed by atoms with Crippen LogP contribution in [0.3, 0.4) is 0 Å². The van der Waals surface area contributed by atoms with Crippen LogP contribution in [-0.2, 0) is 0 Å². The average molecular weight is 193 g/mol. The van der Waals surface area contributed by atoms with Gasteiger partial charge < -0.3 is 0 Å². The molecule has 0 fully saturated rings. The van der Waals surface area contributed by atoms with Gasteiger partial charge in [0.05, 0.1) is 6.54 Å². The second kappa shape index (κ2) is 8.42. The molecule has 0 bridgehead atoms. The number of hydrogen-bond donors (Lipinski definition) is 0. The van der Waals surface area contributed by atoms with Crippen LogP contribution in [0.4, 0.5) is 0 Å². The van der Waals surface area contributed by atoms with Crippen LogP contribution in [0.25, 0.3) is 0 Å². The molecule has 2 heteroatoms. The van der Waals surface area contributed by atoms with Gasteiger partial charge in [-0.2, -0.15) is 4.91 Å². The molecule has 14 heavy (non-hydrogen) atoms. The molecule has 0 aromatic heterocycles. The van der Waals surface area contributed by atoms with Crippen molar-refractivity contribution in [1.82, 2.24) is 0 Å². The third-order valence-corrected chi connectivity index (χ3v) is 2.25. The Morgan fingerprint density at radius 1 is 1.50 bits per heavy atom. The summed E-state index contributed by atoms with van der Waals surface area (Å²) in [5, 5.41) is 2.88. The van der Waals surface area contributed by atoms with Gasteiger partial charge in [-0.05, 0) is 18.8 Å². The highest BCUT2D eigenvalue weighted by Gasteiger charge is 2.05. The lowest BCUT2D eigenvalue weighted by atomic mass is 9.95. The van der Waals surface area contributed by atoms with Crippen LogP contribution in [0.5, 0.6) is 0 Å². The van der Waals surface area contributed by atoms with E-state index in [4.69, 9.17) is 0 Å². The summed E-state index contributed by atoms with van der Waals surface area (Å²) in [7, 11) is 0. The van der Waals surface area contributed by atoms with Crippen molar-refractivity contribution < 1.29 is 0 Å². The third-order valence-electron chi connectivity index (χ3n) is 2.25. The summed E-state index contributed by atoms with van der Waals surface area (Å²) in [5.41, 5.74) is 1.35. The molecule has 0 saturated heterocycles. The molecule has 0 spiro atoms. The maximum absolute atomic E-state index is 9.98. The SMILES string of the molecule is C=C/C=C/C=C(/CC)[C@H](C)CCN=O. The van der Waals surface area contributed by atoms with Crippen LogP contribution in [0.15, 0.2) is 41.6 Å². The Labute approximate surface area is 86.4 Å². The minimum Gasteiger partial charge on any atom is -0.151 e. The molecule has 2 nitrogen and oxygen atoms in total. The predicted octanol–water partition coefficient (Wildman–Crippen LogP) is 3.86. The van der Waals surface area contributed by atoms with Crippen LogP contribution < -0.4 is 0 Å². The van der Waals surface area contributed by atoms with Crippen LogP contribution >= 0.6 is 0 Å². The summed E-state index contributed by atoms with van der Waals surface area (Å²) in [5.74, 6) is 0.437. The van der Waals surface area contributed by atoms with E-state index in [0.29, 0.717) is 12.5 Å². The fraction of sp³-hybridized carbons (Fsp3) is 0.500. The third kappa shape index (κ3) is 5.46. The highest BCUT2D eigenvalue weighted by atomic mass is 16.3. The molecule has 0 aromatic carbocycles. The molecule has 0 aliphatic carbocycles. The van der Waals surface area contributed by atoms with E-state index in [1.165, 1.54) is 5.57 Å². The van der Waals surface area contributed by atoms with Crippen molar-refractivity contribution in [1.29, 1.82) is 0 Å². The van der Waals surface area contributed by atoms with Gasteiger partial charge in [-0.3, -0.25) is 0 Å². The van der Waals surface area contributed by atoms with Crippen molar-refractivity contribution in [3.05, 3.63) is 41.4 Å². The number of nitroso groups, excluding NO2 is 1. The van der Waals surface area contributed by atoms with Gasteiger partial charge in [-0.1, -0.05) is 55.5 Å². The Hall–Kier alpha value is -1.18. The van der Waals surface area contributed by atoms with Crippen molar-refractivity contribution in [3.63, 3.8) is 0 Å². The summed E-state index contributed by atoms with van der Waals surface area (Å²) in [4.78, 5) is 9.98. The molecule has 0 aliphatic rings. The van der Waals surface area contributed by atoms with Gasteiger partial charge in [0.25, 0.3) is 0 Å². The summed E-state index contributed by atoms with van der Waals surface area (Å²) in [6.45, 7) is 8.26. The molecule has 0 unspecified atom stereocenters. The van der Waals surface area contributed by atoms with Gasteiger partial charge in [0, 0.05) is 0 Å². The molecule has 0 heterocycles. The minimum atomic E-state index is 0.406. The smallest absolute Gasteiger partial charge is 0.0816 e. The number of rotatable bonds is 7. The summed E-state index contributed by atoms with van der Waals surface area (Å²) >= 11 is 0. The molecule has 1 atom stereocenters. The zero-order valence-electron chi connectivity index (χ0n) is 9.07. The van der Waals surface area contributed by atoms with Crippen LogP contribution in [-0.4, -0.2) is 6.54 Å². The predicted molar refractivity (Wildman–Crippen MR) is 62.2 cm³/mol. The van der Waals surface area contributed by atoms with Crippen molar-refractivity contribution in [2.45, 2.75) is 26.7 Å². The fourth-order valence-electron chi connectivity index (χ4n) is 1.32. The first kappa shape index (κ1) is 12.8. The Kier molecular flexibility index (Phi) is 7.71. The first-order chi connectivity index (χ1) is 6.76. The molecule has 0 rings (SSSR count). The number of nitrogens with zero attached hydrogens (tertiary/aromatic N) is 1. The van der Waals surface area contributed by atoms with E-state index in [0.717, 1.165) is 12.8 Å². The highest BCUT2D eigenvalue weighted by Crippen LogP contribution is 2.17. The molecule has 0 aliphatic heterocycles. The largest absolute Gasteiger partial charge is 0.151 e. The molecule has 0 amide bonds. The van der Waals surface area contributed by atoms with Crippen molar-refractivity contribution in [2.75, 3.05) is 6.54 Å². The van der Waals surface area contributed by atoms with Crippen molar-refractivity contribution >= 4 is 0 Å². The Morgan fingerprint density at radius 3 is 2.71 bits per heavy atom. The molecular formula is C12H19NO. The monoisotopic (exact) mass is 193 g/mol. The molecule has 0 radical (unpaired) electrons. The molecule has 0 saturated carbocycles. The standard InChI is InChI=1S/C12H19NO/c1-4-6-7-8-12(5-2)11(3)9-10-13-14/h4,6-8,11H,1,5,9-10H2,2-3H3/b7-6+,12-8-/t11-/m1/s1. The van der Waals surface area contributed by atoms with Gasteiger partial charge in [0.2, 0.25) is 0 Å². The van der Waals surface area contributed by atoms with Crippen molar-refractivity contribution in [3.8, 4) is 0 Å². The number of hydrogen-bond acceptors (Lipinski definition) is 2. The first-order valence-electron chi connectivity index (χ1n) is 5.03. The van der Waals surface area contributed by atoms with Crippen molar-refractivity contribution in [2.24, 2.45) is 11.1 Å². The second-order valence-electron chi connectivity index (χ2n) is 3.26. The van der Waals surface area contributed by atoms with E-state index in [1.807, 2.05) is 12.2 Å². The molecule has 78 valence electrons. The molecule has 0 N–H and O–H groups in total. The van der Waals surface area contributed by atoms with E-state index < -0.39 is 0 Å². The summed E-state index contributed by atoms with van der Waals surface area (Å²) < 4.78 is 0. The highest BCUT2D eigenvalue weighted by molar-refractivity contribution is 5.17. The summed E-state index contributed by atoms with van der Waals surface area (Å²) in [6.07, 6.45) is 9.59. The van der Waals surface area contributed by atoms with E-state index in [9.17, 15) is 4.91 Å². The van der Waals surface area contributed by atoms with Gasteiger partial charge in [-0.25, -0.2) is 0 Å². The lowest BCUT2D eigenvalue weighted by molar-refractivity contribution is 0.604. The normalized spacial score (nSPS) is 14.3. The van der Waals surface area contributed by atoms with E-state index >= 15 is 0 Å². The Balaban J connectivity index is 4.22. The maximum atomic E-state index is 9.98. The first-order valence-corrected chi connectivity index (χ1v) is 5.03. The maximum Gasteiger partial charge on any atom is 0.0816 e. The zero-order chi connectivity index (χ0) is 10.8. The van der Waals surface area contributed by atoms with Crippen LogP contribution in [0, 0.1) is 10.8 Å². The van der Waals surface area contributed by atoms with Gasteiger partial charge in [0.15, 0.2) is 0 Å². The Morgan fingerprint density at radius 2 is 2.21 bits per heavy atom.